The number of hydrogen-bond donors (Lipinski definition) is 9. The third kappa shape index (κ3) is 9.20. The van der Waals surface area contributed by atoms with Crippen LogP contribution in [-0.4, -0.2) is 141 Å². The molecule has 0 spiro atoms. The first kappa shape index (κ1) is 37.7. The van der Waals surface area contributed by atoms with E-state index in [0.29, 0.717) is 0 Å². The van der Waals surface area contributed by atoms with Crippen LogP contribution in [0, 0.1) is 0 Å². The van der Waals surface area contributed by atoms with Crippen molar-refractivity contribution in [1.29, 1.82) is 0 Å². The van der Waals surface area contributed by atoms with Crippen LogP contribution >= 0.6 is 0 Å². The molecule has 2 aliphatic heterocycles. The molecule has 2 fully saturated rings. The van der Waals surface area contributed by atoms with Crippen molar-refractivity contribution in [2.45, 2.75) is 80.3 Å². The first-order chi connectivity index (χ1) is 24.1. The number of aliphatic hydroxyl groups excluding tert-OH is 7. The third-order valence-corrected chi connectivity index (χ3v) is 8.76. The highest BCUT2D eigenvalue weighted by Gasteiger charge is 2.50. The topological polar surface area (TPSA) is 237 Å². The summed E-state index contributed by atoms with van der Waals surface area (Å²) in [6.07, 6.45) is -15.5. The molecule has 0 unspecified atom stereocenters. The number of amides is 2. The van der Waals surface area contributed by atoms with Gasteiger partial charge < -0.3 is 65.3 Å². The van der Waals surface area contributed by atoms with Crippen molar-refractivity contribution >= 4 is 22.6 Å². The molecule has 272 valence electrons. The van der Waals surface area contributed by atoms with Gasteiger partial charge in [0.15, 0.2) is 12.6 Å². The van der Waals surface area contributed by atoms with Crippen LogP contribution in [0.3, 0.4) is 0 Å². The molecule has 0 bridgehead atoms. The summed E-state index contributed by atoms with van der Waals surface area (Å²) in [6, 6.07) is 21.8. The van der Waals surface area contributed by atoms with Gasteiger partial charge in [0, 0.05) is 13.0 Å². The maximum absolute atomic E-state index is 13.3. The summed E-state index contributed by atoms with van der Waals surface area (Å²) in [7, 11) is 0. The second-order valence-electron chi connectivity index (χ2n) is 12.3. The average molecular weight is 701 g/mol. The van der Waals surface area contributed by atoms with Gasteiger partial charge in [-0.1, -0.05) is 72.8 Å². The molecule has 50 heavy (non-hydrogen) atoms. The van der Waals surface area contributed by atoms with Crippen LogP contribution in [0.15, 0.2) is 72.8 Å². The van der Waals surface area contributed by atoms with E-state index in [1.165, 1.54) is 0 Å². The second-order valence-corrected chi connectivity index (χ2v) is 12.3. The fourth-order valence-electron chi connectivity index (χ4n) is 6.00. The molecule has 3 aromatic carbocycles. The number of rotatable bonds is 14. The van der Waals surface area contributed by atoms with Gasteiger partial charge in [0.25, 0.3) is 0 Å². The summed E-state index contributed by atoms with van der Waals surface area (Å²) >= 11 is 0. The molecule has 0 saturated carbocycles. The fraction of sp³-hybridized carbons (Fsp3) is 0.486. The number of fused-ring (bicyclic) bond motifs is 1. The van der Waals surface area contributed by atoms with Crippen molar-refractivity contribution in [3.63, 3.8) is 0 Å². The van der Waals surface area contributed by atoms with E-state index in [-0.39, 0.29) is 31.9 Å². The van der Waals surface area contributed by atoms with Crippen molar-refractivity contribution in [3.05, 3.63) is 83.9 Å². The monoisotopic (exact) mass is 700 g/mol. The molecule has 2 saturated heterocycles. The van der Waals surface area contributed by atoms with Crippen molar-refractivity contribution in [2.24, 2.45) is 0 Å². The van der Waals surface area contributed by atoms with E-state index >= 15 is 0 Å². The lowest BCUT2D eigenvalue weighted by Crippen LogP contribution is -2.64. The Morgan fingerprint density at radius 1 is 0.720 bits per heavy atom. The first-order valence-electron chi connectivity index (χ1n) is 16.4. The molecule has 2 heterocycles. The van der Waals surface area contributed by atoms with Crippen molar-refractivity contribution in [3.8, 4) is 0 Å². The summed E-state index contributed by atoms with van der Waals surface area (Å²) in [4.78, 5) is 26.4. The van der Waals surface area contributed by atoms with E-state index in [1.54, 1.807) is 0 Å². The summed E-state index contributed by atoms with van der Waals surface area (Å²) in [5.41, 5.74) is 1.63. The summed E-state index contributed by atoms with van der Waals surface area (Å²) in [5.74, 6) is -0.813. The Labute approximate surface area is 288 Å². The molecule has 2 amide bonds. The van der Waals surface area contributed by atoms with Gasteiger partial charge in [0.1, 0.15) is 54.9 Å². The van der Waals surface area contributed by atoms with Crippen LogP contribution in [0.4, 0.5) is 0 Å². The highest BCUT2D eigenvalue weighted by atomic mass is 16.7. The smallest absolute Gasteiger partial charge is 0.243 e. The summed E-state index contributed by atoms with van der Waals surface area (Å²) in [6.45, 7) is -1.69. The van der Waals surface area contributed by atoms with Crippen LogP contribution in [0.1, 0.15) is 11.1 Å². The number of carbonyl (C=O) groups is 2. The van der Waals surface area contributed by atoms with Crippen LogP contribution in [-0.2, 0) is 41.4 Å². The van der Waals surface area contributed by atoms with Gasteiger partial charge in [-0.25, -0.2) is 0 Å². The Kier molecular flexibility index (Phi) is 13.2. The Morgan fingerprint density at radius 2 is 1.38 bits per heavy atom. The van der Waals surface area contributed by atoms with Crippen LogP contribution in [0.25, 0.3) is 10.8 Å². The Hall–Kier alpha value is -3.58. The minimum absolute atomic E-state index is 0.0675. The molecule has 11 atom stereocenters. The van der Waals surface area contributed by atoms with Gasteiger partial charge in [-0.15, -0.1) is 0 Å². The quantitative estimate of drug-likeness (QED) is 0.0819. The maximum Gasteiger partial charge on any atom is 0.243 e. The van der Waals surface area contributed by atoms with E-state index in [1.807, 2.05) is 72.8 Å². The number of nitrogens with one attached hydrogen (secondary N) is 2. The Bertz CT molecular complexity index is 1540. The van der Waals surface area contributed by atoms with E-state index in [2.05, 4.69) is 10.6 Å². The minimum Gasteiger partial charge on any atom is -0.394 e. The molecule has 9 N–H and O–H groups in total. The zero-order valence-electron chi connectivity index (χ0n) is 27.1. The van der Waals surface area contributed by atoms with E-state index < -0.39 is 86.6 Å². The maximum atomic E-state index is 13.3. The first-order valence-corrected chi connectivity index (χ1v) is 16.4. The van der Waals surface area contributed by atoms with Gasteiger partial charge in [-0.3, -0.25) is 9.59 Å². The molecular weight excluding hydrogens is 656 g/mol. The van der Waals surface area contributed by atoms with Crippen LogP contribution in [0.2, 0.25) is 0 Å². The summed E-state index contributed by atoms with van der Waals surface area (Å²) in [5, 5.41) is 78.8. The van der Waals surface area contributed by atoms with Gasteiger partial charge in [-0.05, 0) is 21.9 Å². The predicted molar refractivity (Wildman–Crippen MR) is 175 cm³/mol. The number of carbonyl (C=O) groups excluding carboxylic acids is 2. The van der Waals surface area contributed by atoms with Gasteiger partial charge in [0.05, 0.1) is 26.2 Å². The number of ether oxygens (including phenoxy) is 4. The zero-order valence-corrected chi connectivity index (χ0v) is 27.1. The molecule has 0 radical (unpaired) electrons. The lowest BCUT2D eigenvalue weighted by molar-refractivity contribution is -0.359. The average Bonchev–Trinajstić information content (AvgIpc) is 3.12. The van der Waals surface area contributed by atoms with Crippen molar-refractivity contribution in [1.82, 2.24) is 10.6 Å². The highest BCUT2D eigenvalue weighted by molar-refractivity contribution is 5.89. The molecule has 0 aliphatic carbocycles. The normalized spacial score (nSPS) is 30.5. The van der Waals surface area contributed by atoms with Gasteiger partial charge >= 0.3 is 0 Å². The molecule has 2 aliphatic rings. The van der Waals surface area contributed by atoms with Crippen molar-refractivity contribution in [2.75, 3.05) is 26.4 Å². The van der Waals surface area contributed by atoms with E-state index in [9.17, 15) is 45.3 Å². The largest absolute Gasteiger partial charge is 0.394 e. The molecule has 5 rings (SSSR count). The Balaban J connectivity index is 1.14. The second kappa shape index (κ2) is 17.6. The standard InChI is InChI=1S/C35H44N2O13/c38-17-24-27(41)28(42)30(44)35(48-24)50-32-25(18-39)49-34(31(45)29(32)43)47-13-12-36-33(46)23(15-19-6-2-1-3-7-19)37-26(40)16-20-10-11-21-8-4-5-9-22(21)14-20/h1-11,14,23-25,27-32,34-35,38-39,41-45H,12-13,15-18H2,(H,36,46)(H,37,40)/t23-,24+,25+,27-,28-,29+,30+,31+,32+,34+,35-/m0/s1. The van der Waals surface area contributed by atoms with Crippen molar-refractivity contribution < 1.29 is 64.3 Å². The van der Waals surface area contributed by atoms with Gasteiger partial charge in [-0.2, -0.15) is 0 Å². The molecule has 15 heteroatoms. The SMILES string of the molecule is O=C(Cc1ccc2ccccc2c1)N[C@@H](Cc1ccccc1)C(=O)NCCO[C@@H]1O[C@H](CO)[C@@H](O[C@@H]2O[C@H](CO)[C@H](O)[C@H](O)[C@H]2O)[C@H](O)[C@H]1O. The molecule has 3 aromatic rings. The predicted octanol–water partition coefficient (Wildman–Crippen LogP) is -2.13. The van der Waals surface area contributed by atoms with Crippen LogP contribution in [0.5, 0.6) is 0 Å². The zero-order chi connectivity index (χ0) is 35.8. The number of aliphatic hydroxyl groups is 7. The van der Waals surface area contributed by atoms with E-state index in [0.717, 1.165) is 21.9 Å². The molecule has 15 nitrogen and oxygen atoms in total. The number of benzene rings is 3. The van der Waals surface area contributed by atoms with Crippen LogP contribution < -0.4 is 10.6 Å². The highest BCUT2D eigenvalue weighted by Crippen LogP contribution is 2.29. The third-order valence-electron chi connectivity index (χ3n) is 8.76. The Morgan fingerprint density at radius 3 is 2.10 bits per heavy atom. The lowest BCUT2D eigenvalue weighted by atomic mass is 9.97. The van der Waals surface area contributed by atoms with Gasteiger partial charge in [0.2, 0.25) is 11.8 Å². The van der Waals surface area contributed by atoms with E-state index in [4.69, 9.17) is 18.9 Å². The minimum atomic E-state index is -1.79. The summed E-state index contributed by atoms with van der Waals surface area (Å²) < 4.78 is 22.0. The molecular formula is C35H44N2O13. The molecule has 0 aromatic heterocycles. The fourth-order valence-corrected chi connectivity index (χ4v) is 6.00. The number of hydrogen-bond acceptors (Lipinski definition) is 13. The lowest BCUT2D eigenvalue weighted by Gasteiger charge is -2.45.